The zero-order valence-corrected chi connectivity index (χ0v) is 21.6. The van der Waals surface area contributed by atoms with Gasteiger partial charge in [0.2, 0.25) is 0 Å². The second-order valence-corrected chi connectivity index (χ2v) is 8.49. The normalized spacial score (nSPS) is 11.9. The highest BCUT2D eigenvalue weighted by atomic mass is 19.4. The van der Waals surface area contributed by atoms with Crippen molar-refractivity contribution in [2.24, 2.45) is 0 Å². The van der Waals surface area contributed by atoms with Crippen molar-refractivity contribution in [3.05, 3.63) is 59.7 Å². The van der Waals surface area contributed by atoms with Crippen LogP contribution in [0.3, 0.4) is 0 Å². The van der Waals surface area contributed by atoms with Crippen LogP contribution in [0, 0.1) is 0 Å². The van der Waals surface area contributed by atoms with Gasteiger partial charge in [-0.15, -0.1) is 0 Å². The van der Waals surface area contributed by atoms with Crippen LogP contribution in [-0.4, -0.2) is 43.4 Å². The van der Waals surface area contributed by atoms with E-state index in [2.05, 4.69) is 16.4 Å². The van der Waals surface area contributed by atoms with Gasteiger partial charge in [0.15, 0.2) is 0 Å². The van der Waals surface area contributed by atoms with Gasteiger partial charge in [-0.1, -0.05) is 45.4 Å². The van der Waals surface area contributed by atoms with Crippen LogP contribution in [0.2, 0.25) is 0 Å². The molecule has 0 radical (unpaired) electrons. The van der Waals surface area contributed by atoms with Crippen molar-refractivity contribution in [1.29, 1.82) is 0 Å². The Morgan fingerprint density at radius 3 is 1.82 bits per heavy atom. The molecule has 2 aromatic rings. The van der Waals surface area contributed by atoms with Crippen LogP contribution in [0.25, 0.3) is 0 Å². The third-order valence-corrected chi connectivity index (χ3v) is 5.43. The van der Waals surface area contributed by atoms with E-state index in [-0.39, 0.29) is 23.5 Å². The summed E-state index contributed by atoms with van der Waals surface area (Å²) in [5.41, 5.74) is -0.235. The number of hydrogen-bond acceptors (Lipinski definition) is 7. The Morgan fingerprint density at radius 2 is 1.26 bits per heavy atom. The highest BCUT2D eigenvalue weighted by Gasteiger charge is 2.49. The molecule has 1 atom stereocenters. The van der Waals surface area contributed by atoms with Crippen molar-refractivity contribution in [3.8, 4) is 11.5 Å². The standard InChI is InChI=1S/C28H33F3O7/c1-3-5-6-7-8-9-10-19-36-22-15-17-23(18-16-22)37-25(32)20-11-13-21(14-12-20)26(33)38-24(28(29,30)31)27(34)35-4-2/h11-18,24H,3-10,19H2,1-2H3. The van der Waals surface area contributed by atoms with E-state index >= 15 is 0 Å². The molecule has 0 N–H and O–H groups in total. The molecule has 0 bridgehead atoms. The molecule has 0 amide bonds. The van der Waals surface area contributed by atoms with Crippen LogP contribution < -0.4 is 9.47 Å². The topological polar surface area (TPSA) is 88.1 Å². The summed E-state index contributed by atoms with van der Waals surface area (Å²) in [7, 11) is 0. The lowest BCUT2D eigenvalue weighted by Crippen LogP contribution is -2.41. The summed E-state index contributed by atoms with van der Waals surface area (Å²) in [4.78, 5) is 36.1. The fourth-order valence-corrected chi connectivity index (χ4v) is 3.40. The Bertz CT molecular complexity index is 1020. The van der Waals surface area contributed by atoms with Gasteiger partial charge in [0, 0.05) is 0 Å². The molecule has 0 aromatic heterocycles. The van der Waals surface area contributed by atoms with E-state index in [1.165, 1.54) is 51.2 Å². The summed E-state index contributed by atoms with van der Waals surface area (Å²) >= 11 is 0. The van der Waals surface area contributed by atoms with Gasteiger partial charge < -0.3 is 18.9 Å². The highest BCUT2D eigenvalue weighted by Crippen LogP contribution is 2.25. The van der Waals surface area contributed by atoms with E-state index in [1.807, 2.05) is 0 Å². The SMILES string of the molecule is CCCCCCCCCOc1ccc(OC(=O)c2ccc(C(=O)OC(C(=O)OCC)C(F)(F)F)cc2)cc1. The van der Waals surface area contributed by atoms with Crippen LogP contribution in [0.5, 0.6) is 11.5 Å². The molecular formula is C28H33F3O7. The van der Waals surface area contributed by atoms with Crippen molar-refractivity contribution in [3.63, 3.8) is 0 Å². The summed E-state index contributed by atoms with van der Waals surface area (Å²) in [6.45, 7) is 3.81. The average Bonchev–Trinajstić information content (AvgIpc) is 2.89. The molecule has 0 aliphatic carbocycles. The lowest BCUT2D eigenvalue weighted by Gasteiger charge is -2.18. The maximum Gasteiger partial charge on any atom is 0.436 e. The predicted octanol–water partition coefficient (Wildman–Crippen LogP) is 6.69. The van der Waals surface area contributed by atoms with Gasteiger partial charge in [-0.25, -0.2) is 14.4 Å². The number of esters is 3. The molecule has 0 aliphatic heterocycles. The minimum Gasteiger partial charge on any atom is -0.494 e. The third-order valence-electron chi connectivity index (χ3n) is 5.43. The summed E-state index contributed by atoms with van der Waals surface area (Å²) < 4.78 is 58.8. The Kier molecular flexibility index (Phi) is 12.6. The fourth-order valence-electron chi connectivity index (χ4n) is 3.40. The van der Waals surface area contributed by atoms with E-state index in [0.717, 1.165) is 25.0 Å². The zero-order valence-electron chi connectivity index (χ0n) is 21.6. The maximum atomic E-state index is 13.1. The number of alkyl halides is 3. The number of halogens is 3. The predicted molar refractivity (Wildman–Crippen MR) is 133 cm³/mol. The maximum absolute atomic E-state index is 13.1. The van der Waals surface area contributed by atoms with Gasteiger partial charge in [-0.3, -0.25) is 0 Å². The molecular weight excluding hydrogens is 505 g/mol. The minimum atomic E-state index is -5.14. The summed E-state index contributed by atoms with van der Waals surface area (Å²) in [6.07, 6.45) is 0.103. The summed E-state index contributed by atoms with van der Waals surface area (Å²) in [5, 5.41) is 0. The molecule has 0 fully saturated rings. The van der Waals surface area contributed by atoms with Crippen LogP contribution >= 0.6 is 0 Å². The molecule has 1 unspecified atom stereocenters. The number of ether oxygens (including phenoxy) is 4. The number of unbranched alkanes of at least 4 members (excludes halogenated alkanes) is 6. The highest BCUT2D eigenvalue weighted by molar-refractivity contribution is 5.95. The number of carbonyl (C=O) groups excluding carboxylic acids is 3. The number of carbonyl (C=O) groups is 3. The molecule has 0 aliphatic rings. The monoisotopic (exact) mass is 538 g/mol. The van der Waals surface area contributed by atoms with Crippen LogP contribution in [0.1, 0.15) is 79.5 Å². The minimum absolute atomic E-state index is 0.0542. The van der Waals surface area contributed by atoms with Crippen LogP contribution in [0.4, 0.5) is 13.2 Å². The van der Waals surface area contributed by atoms with E-state index < -0.39 is 30.2 Å². The number of benzene rings is 2. The van der Waals surface area contributed by atoms with Crippen molar-refractivity contribution in [2.45, 2.75) is 71.1 Å². The van der Waals surface area contributed by atoms with Gasteiger partial charge in [-0.2, -0.15) is 13.2 Å². The molecule has 0 heterocycles. The zero-order chi connectivity index (χ0) is 28.0. The first kappa shape index (κ1) is 30.7. The van der Waals surface area contributed by atoms with Crippen LogP contribution in [0.15, 0.2) is 48.5 Å². The van der Waals surface area contributed by atoms with Gasteiger partial charge >= 0.3 is 24.1 Å². The van der Waals surface area contributed by atoms with Crippen molar-refractivity contribution >= 4 is 17.9 Å². The average molecular weight is 539 g/mol. The molecule has 0 spiro atoms. The summed E-state index contributed by atoms with van der Waals surface area (Å²) in [6, 6.07) is 11.1. The fraction of sp³-hybridized carbons (Fsp3) is 0.464. The molecule has 2 aromatic carbocycles. The third kappa shape index (κ3) is 10.4. The van der Waals surface area contributed by atoms with Crippen molar-refractivity contribution in [1.82, 2.24) is 0 Å². The number of rotatable bonds is 15. The second kappa shape index (κ2) is 15.6. The first-order valence-corrected chi connectivity index (χ1v) is 12.6. The molecule has 2 rings (SSSR count). The van der Waals surface area contributed by atoms with Gasteiger partial charge in [0.05, 0.1) is 24.3 Å². The molecule has 7 nitrogen and oxygen atoms in total. The molecule has 38 heavy (non-hydrogen) atoms. The quantitative estimate of drug-likeness (QED) is 0.142. The summed E-state index contributed by atoms with van der Waals surface area (Å²) in [5.74, 6) is -2.93. The molecule has 0 saturated carbocycles. The Hall–Kier alpha value is -3.56. The van der Waals surface area contributed by atoms with E-state index in [0.29, 0.717) is 12.4 Å². The molecule has 0 saturated heterocycles. The van der Waals surface area contributed by atoms with Crippen molar-refractivity contribution < 1.29 is 46.5 Å². The van der Waals surface area contributed by atoms with Gasteiger partial charge in [0.25, 0.3) is 6.10 Å². The Morgan fingerprint density at radius 1 is 0.737 bits per heavy atom. The van der Waals surface area contributed by atoms with E-state index in [1.54, 1.807) is 24.3 Å². The largest absolute Gasteiger partial charge is 0.494 e. The first-order chi connectivity index (χ1) is 18.2. The smallest absolute Gasteiger partial charge is 0.436 e. The lowest BCUT2D eigenvalue weighted by atomic mass is 10.1. The Balaban J connectivity index is 1.84. The van der Waals surface area contributed by atoms with Crippen LogP contribution in [-0.2, 0) is 14.3 Å². The second-order valence-electron chi connectivity index (χ2n) is 8.49. The van der Waals surface area contributed by atoms with E-state index in [9.17, 15) is 27.6 Å². The first-order valence-electron chi connectivity index (χ1n) is 12.6. The van der Waals surface area contributed by atoms with E-state index in [4.69, 9.17) is 9.47 Å². The van der Waals surface area contributed by atoms with Gasteiger partial charge in [-0.05, 0) is 61.9 Å². The Labute approximate surface area is 220 Å². The lowest BCUT2D eigenvalue weighted by molar-refractivity contribution is -0.218. The molecule has 208 valence electrons. The number of hydrogen-bond donors (Lipinski definition) is 0. The van der Waals surface area contributed by atoms with Gasteiger partial charge in [0.1, 0.15) is 11.5 Å². The molecule has 10 heteroatoms. The van der Waals surface area contributed by atoms with Crippen molar-refractivity contribution in [2.75, 3.05) is 13.2 Å².